The standard InChI is InChI=1S/C110H80FN3S2/c1-108(2)103-92(73-112)106(113-95-63-57-82(76-39-19-7-20-40-76)69-99(95)115(86-47-27-11-28-48-86,87-49-29-12-30-50-87)100-70-83(58-64-96(100)113)77-41-21-8-22-42-77)107(105(111)104(103)109(3,4)110(108)93-67-80(74-35-15-5-16-36-74)55-61-90(93)91-62-56-81(68-94(91)110)75-37-17-6-18-38-75)114-97-65-59-84(78-43-23-9-24-44-78)71-101(97)116(88-51-31-13-32-52-88,89-53-33-14-34-54-89)102-72-85(60-66-98(102)114)79-45-25-10-26-46-79/h5-72H,1-4H3. The van der Waals surface area contributed by atoms with Crippen LogP contribution in [0.5, 0.6) is 0 Å². The number of fused-ring (bicyclic) bond motifs is 10. The van der Waals surface area contributed by atoms with Crippen LogP contribution in [0.3, 0.4) is 0 Å². The first kappa shape index (κ1) is 70.3. The Balaban J connectivity index is 0.970. The predicted octanol–water partition coefficient (Wildman–Crippen LogP) is 30.5. The highest BCUT2D eigenvalue weighted by molar-refractivity contribution is 8.34. The Morgan fingerprint density at radius 2 is 0.491 bits per heavy atom. The summed E-state index contributed by atoms with van der Waals surface area (Å²) in [7, 11) is -5.21. The first-order valence-electron chi connectivity index (χ1n) is 39.9. The van der Waals surface area contributed by atoms with Crippen LogP contribution in [0.4, 0.5) is 38.5 Å². The van der Waals surface area contributed by atoms with Crippen LogP contribution in [0, 0.1) is 17.1 Å². The topological polar surface area (TPSA) is 30.3 Å². The molecule has 21 rings (SSSR count). The lowest BCUT2D eigenvalue weighted by atomic mass is 9.52. The number of nitrogens with zero attached hydrogens (tertiary/aromatic N) is 3. The molecule has 0 unspecified atom stereocenters. The van der Waals surface area contributed by atoms with E-state index in [1.165, 1.54) is 0 Å². The van der Waals surface area contributed by atoms with Gasteiger partial charge in [0.2, 0.25) is 0 Å². The third kappa shape index (κ3) is 10.2. The zero-order valence-corrected chi connectivity index (χ0v) is 66.4. The van der Waals surface area contributed by atoms with Crippen molar-refractivity contribution >= 4 is 54.2 Å². The van der Waals surface area contributed by atoms with Crippen LogP contribution in [0.2, 0.25) is 0 Å². The van der Waals surface area contributed by atoms with E-state index in [4.69, 9.17) is 0 Å². The molecule has 0 amide bonds. The van der Waals surface area contributed by atoms with Crippen LogP contribution in [-0.4, -0.2) is 0 Å². The normalized spacial score (nSPS) is 15.4. The van der Waals surface area contributed by atoms with Gasteiger partial charge in [0.25, 0.3) is 0 Å². The van der Waals surface area contributed by atoms with Crippen LogP contribution in [0.25, 0.3) is 77.9 Å². The molecule has 0 radical (unpaired) electrons. The van der Waals surface area contributed by atoms with Gasteiger partial charge in [-0.05, 0) is 204 Å². The van der Waals surface area contributed by atoms with Crippen molar-refractivity contribution in [2.24, 2.45) is 0 Å². The Kier molecular flexibility index (Phi) is 16.6. The fourth-order valence-electron chi connectivity index (χ4n) is 20.7. The third-order valence-electron chi connectivity index (χ3n) is 25.4. The van der Waals surface area contributed by atoms with Crippen molar-refractivity contribution in [3.8, 4) is 84.0 Å². The Labute approximate surface area is 681 Å². The molecule has 0 aromatic heterocycles. The Bertz CT molecular complexity index is 6400. The van der Waals surface area contributed by atoms with Gasteiger partial charge < -0.3 is 9.80 Å². The van der Waals surface area contributed by atoms with E-state index in [1.807, 2.05) is 0 Å². The van der Waals surface area contributed by atoms with E-state index in [9.17, 15) is 5.26 Å². The van der Waals surface area contributed by atoms with E-state index in [0.717, 1.165) is 151 Å². The minimum absolute atomic E-state index is 0.283. The molecule has 17 aromatic rings. The van der Waals surface area contributed by atoms with Gasteiger partial charge in [-0.3, -0.25) is 0 Å². The van der Waals surface area contributed by atoms with Crippen LogP contribution in [-0.2, 0) is 16.2 Å². The number of hydrogen-bond acceptors (Lipinski definition) is 3. The molecular weight excluding hydrogens is 1450 g/mol. The fraction of sp³-hybridized carbons (Fsp3) is 0.0636. The molecule has 3 nitrogen and oxygen atoms in total. The lowest BCUT2D eigenvalue weighted by molar-refractivity contribution is 0.229. The van der Waals surface area contributed by atoms with Gasteiger partial charge in [-0.25, -0.2) is 4.39 Å². The van der Waals surface area contributed by atoms with Gasteiger partial charge in [-0.1, -0.05) is 331 Å². The van der Waals surface area contributed by atoms with Gasteiger partial charge in [0, 0.05) is 61.0 Å². The monoisotopic (exact) mass is 1530 g/mol. The van der Waals surface area contributed by atoms with Gasteiger partial charge >= 0.3 is 0 Å². The molecule has 0 N–H and O–H groups in total. The molecule has 1 spiro atoms. The summed E-state index contributed by atoms with van der Waals surface area (Å²) in [5, 5.41) is 13.9. The molecule has 17 aromatic carbocycles. The van der Waals surface area contributed by atoms with E-state index in [1.54, 1.807) is 0 Å². The Hall–Kier alpha value is -13.5. The molecule has 2 heterocycles. The van der Waals surface area contributed by atoms with Gasteiger partial charge in [0.05, 0.1) is 34.0 Å². The van der Waals surface area contributed by atoms with Crippen LogP contribution in [0.1, 0.15) is 55.5 Å². The smallest absolute Gasteiger partial charge is 0.153 e. The molecule has 0 saturated carbocycles. The van der Waals surface area contributed by atoms with E-state index < -0.39 is 42.1 Å². The zero-order chi connectivity index (χ0) is 78.1. The molecule has 554 valence electrons. The van der Waals surface area contributed by atoms with E-state index in [-0.39, 0.29) is 5.69 Å². The lowest BCUT2D eigenvalue weighted by Gasteiger charge is -2.52. The summed E-state index contributed by atoms with van der Waals surface area (Å²) in [5.74, 6) is -0.393. The zero-order valence-electron chi connectivity index (χ0n) is 64.8. The number of hydrogen-bond donors (Lipinski definition) is 0. The second kappa shape index (κ2) is 27.4. The molecule has 0 fully saturated rings. The van der Waals surface area contributed by atoms with Crippen molar-refractivity contribution in [3.63, 3.8) is 0 Å². The van der Waals surface area contributed by atoms with Crippen molar-refractivity contribution in [1.29, 1.82) is 5.26 Å². The van der Waals surface area contributed by atoms with E-state index in [2.05, 4.69) is 456 Å². The largest absolute Gasteiger partial charge is 0.305 e. The molecule has 0 bridgehead atoms. The molecule has 6 heteroatoms. The highest BCUT2D eigenvalue weighted by atomic mass is 32.3. The summed E-state index contributed by atoms with van der Waals surface area (Å²) in [6, 6.07) is 153. The maximum Gasteiger partial charge on any atom is 0.153 e. The van der Waals surface area contributed by atoms with E-state index >= 15 is 4.39 Å². The van der Waals surface area contributed by atoms with Gasteiger partial charge in [-0.15, -0.1) is 20.1 Å². The minimum Gasteiger partial charge on any atom is -0.305 e. The van der Waals surface area contributed by atoms with Crippen molar-refractivity contribution in [3.05, 3.63) is 446 Å². The van der Waals surface area contributed by atoms with Gasteiger partial charge in [-0.2, -0.15) is 5.26 Å². The van der Waals surface area contributed by atoms with Crippen LogP contribution >= 0.6 is 20.1 Å². The summed E-state index contributed by atoms with van der Waals surface area (Å²) in [5.41, 5.74) is 19.4. The summed E-state index contributed by atoms with van der Waals surface area (Å²) < 4.78 is 23.0. The van der Waals surface area contributed by atoms with Crippen molar-refractivity contribution in [1.82, 2.24) is 0 Å². The number of anilines is 6. The number of halogens is 1. The molecule has 2 aliphatic heterocycles. The second-order valence-corrected chi connectivity index (χ2v) is 37.9. The lowest BCUT2D eigenvalue weighted by Crippen LogP contribution is -2.51. The van der Waals surface area contributed by atoms with Crippen molar-refractivity contribution < 1.29 is 4.39 Å². The number of benzene rings is 17. The first-order valence-corrected chi connectivity index (χ1v) is 43.2. The summed E-state index contributed by atoms with van der Waals surface area (Å²) >= 11 is 0. The quantitative estimate of drug-likeness (QED) is 0.122. The van der Waals surface area contributed by atoms with Crippen molar-refractivity contribution in [2.75, 3.05) is 9.80 Å². The molecule has 2 aliphatic carbocycles. The van der Waals surface area contributed by atoms with Crippen molar-refractivity contribution in [2.45, 2.75) is 83.1 Å². The number of nitriles is 1. The molecular formula is C110H80FN3S2. The van der Waals surface area contributed by atoms with E-state index in [0.29, 0.717) is 22.4 Å². The maximum atomic E-state index is 23.0. The van der Waals surface area contributed by atoms with Crippen LogP contribution in [0.15, 0.2) is 452 Å². The average Bonchev–Trinajstić information content (AvgIpc) is 1.46. The number of rotatable bonds is 12. The maximum absolute atomic E-state index is 23.0. The van der Waals surface area contributed by atoms with Gasteiger partial charge in [0.1, 0.15) is 11.8 Å². The second-order valence-electron chi connectivity index (χ2n) is 31.8. The Morgan fingerprint density at radius 1 is 0.259 bits per heavy atom. The molecule has 116 heavy (non-hydrogen) atoms. The Morgan fingerprint density at radius 3 is 0.759 bits per heavy atom. The summed E-state index contributed by atoms with van der Waals surface area (Å²) in [6.45, 7) is 9.27. The average molecular weight is 1530 g/mol. The highest BCUT2D eigenvalue weighted by Gasteiger charge is 2.70. The fourth-order valence-corrected chi connectivity index (χ4v) is 29.1. The molecule has 0 atom stereocenters. The first-order chi connectivity index (χ1) is 57.0. The third-order valence-corrected chi connectivity index (χ3v) is 33.2. The molecule has 0 saturated heterocycles. The van der Waals surface area contributed by atoms with Crippen LogP contribution < -0.4 is 9.80 Å². The van der Waals surface area contributed by atoms with Gasteiger partial charge in [0.15, 0.2) is 5.82 Å². The summed E-state index contributed by atoms with van der Waals surface area (Å²) in [6.07, 6.45) is 0. The summed E-state index contributed by atoms with van der Waals surface area (Å²) in [4.78, 5) is 13.4. The SMILES string of the molecule is CC1(C)c2c(F)c(N3c4ccc(-c5ccccc5)cc4S(c4ccccc4)(c4ccccc4)c4cc(-c5ccccc5)ccc43)c(N3c4ccc(-c5ccccc5)cc4S(c4ccccc4)(c4ccccc4)c4cc(-c5ccccc5)ccc43)c(C#N)c2C(C)(C)C12c1cc(-c3ccccc3)ccc1-c1ccc(-c3ccccc3)cc12. The highest BCUT2D eigenvalue weighted by Crippen LogP contribution is 2.84. The predicted molar refractivity (Wildman–Crippen MR) is 479 cm³/mol. The molecule has 4 aliphatic rings. The minimum atomic E-state index is -2.61.